The maximum Gasteiger partial charge on any atom is 0.351 e. The molecular weight excluding hydrogens is 266 g/mol. The van der Waals surface area contributed by atoms with Crippen molar-refractivity contribution in [2.45, 2.75) is 13.8 Å². The van der Waals surface area contributed by atoms with Gasteiger partial charge in [0.1, 0.15) is 6.07 Å². The summed E-state index contributed by atoms with van der Waals surface area (Å²) in [5, 5.41) is 9.06. The molecule has 5 nitrogen and oxygen atoms in total. The summed E-state index contributed by atoms with van der Waals surface area (Å²) < 4.78 is 4.83. The highest BCUT2D eigenvalue weighted by Crippen LogP contribution is 2.19. The Bertz CT molecular complexity index is 648. The Morgan fingerprint density at radius 3 is 2.62 bits per heavy atom. The molecule has 0 aliphatic carbocycles. The first-order valence-corrected chi connectivity index (χ1v) is 6.54. The van der Waals surface area contributed by atoms with Crippen LogP contribution in [0.4, 0.5) is 5.69 Å². The molecule has 1 aliphatic rings. The van der Waals surface area contributed by atoms with Gasteiger partial charge in [0.2, 0.25) is 0 Å². The zero-order valence-corrected chi connectivity index (χ0v) is 11.9. The van der Waals surface area contributed by atoms with Gasteiger partial charge in [-0.05, 0) is 32.1 Å². The summed E-state index contributed by atoms with van der Waals surface area (Å²) in [6.07, 6.45) is 4.94. The summed E-state index contributed by atoms with van der Waals surface area (Å²) in [7, 11) is 0. The Hall–Kier alpha value is -2.87. The van der Waals surface area contributed by atoms with Crippen molar-refractivity contribution in [3.8, 4) is 6.07 Å². The molecule has 0 atom stereocenters. The van der Waals surface area contributed by atoms with Crippen molar-refractivity contribution in [3.63, 3.8) is 0 Å². The molecular formula is C16H15N3O2. The van der Waals surface area contributed by atoms with Crippen LogP contribution in [0.1, 0.15) is 12.5 Å². The van der Waals surface area contributed by atoms with Gasteiger partial charge >= 0.3 is 5.97 Å². The van der Waals surface area contributed by atoms with Crippen molar-refractivity contribution in [2.75, 3.05) is 11.5 Å². The van der Waals surface area contributed by atoms with E-state index in [-0.39, 0.29) is 12.2 Å². The van der Waals surface area contributed by atoms with Crippen molar-refractivity contribution < 1.29 is 9.53 Å². The average Bonchev–Trinajstić information content (AvgIpc) is 2.50. The van der Waals surface area contributed by atoms with E-state index in [2.05, 4.69) is 4.99 Å². The minimum Gasteiger partial charge on any atom is -0.462 e. The number of allylic oxidation sites excluding steroid dienone is 1. The molecule has 1 aliphatic heterocycles. The van der Waals surface area contributed by atoms with Crippen LogP contribution in [0.15, 0.2) is 52.8 Å². The molecule has 0 unspecified atom stereocenters. The summed E-state index contributed by atoms with van der Waals surface area (Å²) in [5.74, 6) is -0.652. The highest BCUT2D eigenvalue weighted by molar-refractivity contribution is 5.95. The lowest BCUT2D eigenvalue weighted by atomic mass is 10.2. The summed E-state index contributed by atoms with van der Waals surface area (Å²) >= 11 is 0. The average molecular weight is 281 g/mol. The Balaban J connectivity index is 2.22. The Morgan fingerprint density at radius 2 is 2.10 bits per heavy atom. The van der Waals surface area contributed by atoms with E-state index in [1.165, 1.54) is 5.56 Å². The van der Waals surface area contributed by atoms with Gasteiger partial charge in [0.05, 0.1) is 18.6 Å². The van der Waals surface area contributed by atoms with E-state index in [0.717, 1.165) is 5.69 Å². The normalized spacial score (nSPS) is 15.6. The van der Waals surface area contributed by atoms with Crippen LogP contribution in [0.3, 0.4) is 0 Å². The fraction of sp³-hybridized carbons (Fsp3) is 0.188. The largest absolute Gasteiger partial charge is 0.462 e. The van der Waals surface area contributed by atoms with E-state index in [1.807, 2.05) is 42.2 Å². The lowest BCUT2D eigenvalue weighted by Gasteiger charge is -2.18. The second-order valence-electron chi connectivity index (χ2n) is 4.40. The van der Waals surface area contributed by atoms with Gasteiger partial charge in [-0.15, -0.1) is 0 Å². The third-order valence-electron chi connectivity index (χ3n) is 2.89. The van der Waals surface area contributed by atoms with Crippen molar-refractivity contribution in [1.82, 2.24) is 0 Å². The molecule has 0 saturated heterocycles. The molecule has 0 aromatic heterocycles. The van der Waals surface area contributed by atoms with Crippen LogP contribution < -0.4 is 4.90 Å². The van der Waals surface area contributed by atoms with Crippen molar-refractivity contribution >= 4 is 18.0 Å². The zero-order valence-electron chi connectivity index (χ0n) is 11.9. The Morgan fingerprint density at radius 1 is 1.38 bits per heavy atom. The molecule has 2 rings (SSSR count). The molecule has 0 bridgehead atoms. The van der Waals surface area contributed by atoms with E-state index >= 15 is 0 Å². The van der Waals surface area contributed by atoms with Gasteiger partial charge in [-0.2, -0.15) is 5.26 Å². The van der Waals surface area contributed by atoms with E-state index in [1.54, 1.807) is 25.5 Å². The highest BCUT2D eigenvalue weighted by atomic mass is 16.5. The fourth-order valence-electron chi connectivity index (χ4n) is 1.79. The van der Waals surface area contributed by atoms with Gasteiger partial charge in [-0.3, -0.25) is 0 Å². The first kappa shape index (κ1) is 14.5. The van der Waals surface area contributed by atoms with Gasteiger partial charge in [-0.25, -0.2) is 9.79 Å². The van der Waals surface area contributed by atoms with Crippen LogP contribution in [0, 0.1) is 18.3 Å². The standard InChI is InChI=1S/C16H15N3O2/c1-3-21-16(20)14(10-17)15-8-9-19(11-18-15)13-6-4-12(2)5-7-13/h4-9,11H,3H2,1-2H3. The summed E-state index contributed by atoms with van der Waals surface area (Å²) in [6.45, 7) is 3.93. The summed E-state index contributed by atoms with van der Waals surface area (Å²) in [5.41, 5.74) is 2.34. The monoisotopic (exact) mass is 281 g/mol. The molecule has 1 aromatic carbocycles. The number of ether oxygens (including phenoxy) is 1. The third-order valence-corrected chi connectivity index (χ3v) is 2.89. The van der Waals surface area contributed by atoms with E-state index < -0.39 is 5.97 Å². The molecule has 0 N–H and O–H groups in total. The Kier molecular flexibility index (Phi) is 4.52. The predicted molar refractivity (Wildman–Crippen MR) is 80.6 cm³/mol. The molecule has 1 heterocycles. The van der Waals surface area contributed by atoms with Crippen LogP contribution in [0.5, 0.6) is 0 Å². The summed E-state index contributed by atoms with van der Waals surface area (Å²) in [4.78, 5) is 17.6. The van der Waals surface area contributed by atoms with Crippen LogP contribution in [0.25, 0.3) is 0 Å². The number of rotatable bonds is 3. The molecule has 0 spiro atoms. The van der Waals surface area contributed by atoms with Crippen molar-refractivity contribution in [1.29, 1.82) is 5.26 Å². The smallest absolute Gasteiger partial charge is 0.351 e. The maximum atomic E-state index is 11.6. The number of aliphatic imine (C=N–C) groups is 1. The maximum absolute atomic E-state index is 11.6. The number of hydrogen-bond donors (Lipinski definition) is 0. The van der Waals surface area contributed by atoms with Crippen molar-refractivity contribution in [3.05, 3.63) is 53.4 Å². The number of nitriles is 1. The van der Waals surface area contributed by atoms with Crippen LogP contribution >= 0.6 is 0 Å². The van der Waals surface area contributed by atoms with Gasteiger partial charge < -0.3 is 9.64 Å². The fourth-order valence-corrected chi connectivity index (χ4v) is 1.79. The first-order chi connectivity index (χ1) is 10.2. The van der Waals surface area contributed by atoms with E-state index in [4.69, 9.17) is 10.00 Å². The number of aryl methyl sites for hydroxylation is 1. The van der Waals surface area contributed by atoms with Crippen LogP contribution in [-0.4, -0.2) is 18.9 Å². The SMILES string of the molecule is CCOC(=O)C(C#N)=C1C=CN(c2ccc(C)cc2)C=N1. The second kappa shape index (κ2) is 6.53. The number of hydrogen-bond acceptors (Lipinski definition) is 5. The molecule has 0 fully saturated rings. The minimum atomic E-state index is -0.652. The van der Waals surface area contributed by atoms with Crippen LogP contribution in [0.2, 0.25) is 0 Å². The lowest BCUT2D eigenvalue weighted by Crippen LogP contribution is -2.17. The number of carbonyl (C=O) groups is 1. The molecule has 21 heavy (non-hydrogen) atoms. The summed E-state index contributed by atoms with van der Waals surface area (Å²) in [6, 6.07) is 9.78. The lowest BCUT2D eigenvalue weighted by molar-refractivity contribution is -0.138. The zero-order chi connectivity index (χ0) is 15.2. The number of carbonyl (C=O) groups excluding carboxylic acids is 1. The van der Waals surface area contributed by atoms with E-state index in [0.29, 0.717) is 5.70 Å². The van der Waals surface area contributed by atoms with Gasteiger partial charge in [0.25, 0.3) is 0 Å². The minimum absolute atomic E-state index is 0.0899. The number of esters is 1. The third kappa shape index (κ3) is 3.37. The number of nitrogens with zero attached hydrogens (tertiary/aromatic N) is 3. The van der Waals surface area contributed by atoms with E-state index in [9.17, 15) is 4.79 Å². The molecule has 0 saturated carbocycles. The second-order valence-corrected chi connectivity index (χ2v) is 4.40. The van der Waals surface area contributed by atoms with Gasteiger partial charge in [0.15, 0.2) is 5.57 Å². The molecule has 0 amide bonds. The van der Waals surface area contributed by atoms with Gasteiger partial charge in [-0.1, -0.05) is 17.7 Å². The number of anilines is 1. The molecule has 0 radical (unpaired) electrons. The first-order valence-electron chi connectivity index (χ1n) is 6.54. The molecule has 1 aromatic rings. The van der Waals surface area contributed by atoms with Gasteiger partial charge in [0, 0.05) is 11.9 Å². The van der Waals surface area contributed by atoms with Crippen LogP contribution in [-0.2, 0) is 9.53 Å². The number of benzene rings is 1. The highest BCUT2D eigenvalue weighted by Gasteiger charge is 2.16. The predicted octanol–water partition coefficient (Wildman–Crippen LogP) is 2.70. The van der Waals surface area contributed by atoms with Crippen molar-refractivity contribution in [2.24, 2.45) is 4.99 Å². The quantitative estimate of drug-likeness (QED) is 0.485. The molecule has 106 valence electrons. The molecule has 5 heteroatoms. The topological polar surface area (TPSA) is 65.7 Å². The Labute approximate surface area is 123 Å².